The molecule has 0 bridgehead atoms. The predicted octanol–water partition coefficient (Wildman–Crippen LogP) is 1.34. The minimum absolute atomic E-state index is 0.0225. The normalized spacial score (nSPS) is 25.0. The van der Waals surface area contributed by atoms with Gasteiger partial charge in [0.1, 0.15) is 5.75 Å². The SMILES string of the molecule is CN1CCC(C(=O)O)C1Cc1cccc(O)c1. The number of hydrogen-bond donors (Lipinski definition) is 2. The van der Waals surface area contributed by atoms with Gasteiger partial charge in [0.15, 0.2) is 0 Å². The highest BCUT2D eigenvalue weighted by atomic mass is 16.4. The summed E-state index contributed by atoms with van der Waals surface area (Å²) in [6, 6.07) is 7.05. The van der Waals surface area contributed by atoms with Gasteiger partial charge >= 0.3 is 5.97 Å². The molecule has 92 valence electrons. The van der Waals surface area contributed by atoms with E-state index in [1.54, 1.807) is 18.2 Å². The van der Waals surface area contributed by atoms with E-state index < -0.39 is 5.97 Å². The van der Waals surface area contributed by atoms with Crippen molar-refractivity contribution in [2.24, 2.45) is 5.92 Å². The number of carboxylic acid groups (broad SMARTS) is 1. The third-order valence-electron chi connectivity index (χ3n) is 3.50. The standard InChI is InChI=1S/C13H17NO3/c1-14-6-5-11(13(16)17)12(14)8-9-3-2-4-10(15)7-9/h2-4,7,11-12,15H,5-6,8H2,1H3,(H,16,17). The summed E-state index contributed by atoms with van der Waals surface area (Å²) in [6.45, 7) is 0.820. The molecule has 2 unspecified atom stereocenters. The lowest BCUT2D eigenvalue weighted by atomic mass is 9.94. The fourth-order valence-electron chi connectivity index (χ4n) is 2.52. The van der Waals surface area contributed by atoms with Crippen molar-refractivity contribution in [1.82, 2.24) is 4.90 Å². The number of likely N-dealkylation sites (tertiary alicyclic amines) is 1. The number of hydrogen-bond acceptors (Lipinski definition) is 3. The predicted molar refractivity (Wildman–Crippen MR) is 64.0 cm³/mol. The average molecular weight is 235 g/mol. The van der Waals surface area contributed by atoms with E-state index in [-0.39, 0.29) is 17.7 Å². The van der Waals surface area contributed by atoms with Crippen molar-refractivity contribution in [1.29, 1.82) is 0 Å². The van der Waals surface area contributed by atoms with Crippen LogP contribution in [0.1, 0.15) is 12.0 Å². The maximum atomic E-state index is 11.1. The Balaban J connectivity index is 2.13. The Morgan fingerprint density at radius 1 is 1.53 bits per heavy atom. The van der Waals surface area contributed by atoms with Crippen molar-refractivity contribution in [3.63, 3.8) is 0 Å². The van der Waals surface area contributed by atoms with Crippen LogP contribution in [0.4, 0.5) is 0 Å². The molecule has 0 amide bonds. The Bertz CT molecular complexity index is 419. The maximum absolute atomic E-state index is 11.1. The van der Waals surface area contributed by atoms with Gasteiger partial charge in [-0.3, -0.25) is 4.79 Å². The molecule has 2 N–H and O–H groups in total. The molecule has 0 spiro atoms. The summed E-state index contributed by atoms with van der Waals surface area (Å²) < 4.78 is 0. The lowest BCUT2D eigenvalue weighted by Gasteiger charge is -2.22. The van der Waals surface area contributed by atoms with Crippen LogP contribution < -0.4 is 0 Å². The van der Waals surface area contributed by atoms with E-state index in [1.807, 2.05) is 13.1 Å². The molecule has 17 heavy (non-hydrogen) atoms. The van der Waals surface area contributed by atoms with E-state index in [0.717, 1.165) is 12.1 Å². The number of benzene rings is 1. The molecule has 4 heteroatoms. The van der Waals surface area contributed by atoms with Crippen LogP contribution in [0.2, 0.25) is 0 Å². The van der Waals surface area contributed by atoms with Crippen LogP contribution in [-0.2, 0) is 11.2 Å². The van der Waals surface area contributed by atoms with Crippen LogP contribution in [0.3, 0.4) is 0 Å². The zero-order valence-corrected chi connectivity index (χ0v) is 9.84. The highest BCUT2D eigenvalue weighted by Crippen LogP contribution is 2.26. The van der Waals surface area contributed by atoms with Gasteiger partial charge in [0.05, 0.1) is 5.92 Å². The molecule has 0 radical (unpaired) electrons. The summed E-state index contributed by atoms with van der Waals surface area (Å²) in [4.78, 5) is 13.2. The molecule has 2 rings (SSSR count). The molecule has 1 aliphatic rings. The zero-order chi connectivity index (χ0) is 12.4. The number of phenols is 1. The van der Waals surface area contributed by atoms with Gasteiger partial charge < -0.3 is 15.1 Å². The van der Waals surface area contributed by atoms with Gasteiger partial charge in [-0.15, -0.1) is 0 Å². The first kappa shape index (κ1) is 11.9. The second kappa shape index (κ2) is 4.75. The third kappa shape index (κ3) is 2.58. The quantitative estimate of drug-likeness (QED) is 0.830. The van der Waals surface area contributed by atoms with E-state index >= 15 is 0 Å². The zero-order valence-electron chi connectivity index (χ0n) is 9.84. The molecule has 0 saturated carbocycles. The molecular formula is C13H17NO3. The Hall–Kier alpha value is -1.55. The van der Waals surface area contributed by atoms with Crippen LogP contribution in [0, 0.1) is 5.92 Å². The van der Waals surface area contributed by atoms with Gasteiger partial charge in [0.25, 0.3) is 0 Å². The van der Waals surface area contributed by atoms with Gasteiger partial charge in [-0.1, -0.05) is 12.1 Å². The Labute approximate surface area is 100 Å². The van der Waals surface area contributed by atoms with E-state index in [9.17, 15) is 9.90 Å². The van der Waals surface area contributed by atoms with Gasteiger partial charge in [0, 0.05) is 6.04 Å². The van der Waals surface area contributed by atoms with Gasteiger partial charge in [0.2, 0.25) is 0 Å². The fraction of sp³-hybridized carbons (Fsp3) is 0.462. The lowest BCUT2D eigenvalue weighted by molar-refractivity contribution is -0.142. The molecule has 1 fully saturated rings. The highest BCUT2D eigenvalue weighted by molar-refractivity contribution is 5.71. The van der Waals surface area contributed by atoms with E-state index in [2.05, 4.69) is 4.90 Å². The summed E-state index contributed by atoms with van der Waals surface area (Å²) in [6.07, 6.45) is 1.37. The molecule has 2 atom stereocenters. The minimum atomic E-state index is -0.723. The first-order chi connectivity index (χ1) is 8.08. The number of likely N-dealkylation sites (N-methyl/N-ethyl adjacent to an activating group) is 1. The summed E-state index contributed by atoms with van der Waals surface area (Å²) in [7, 11) is 1.95. The largest absolute Gasteiger partial charge is 0.508 e. The topological polar surface area (TPSA) is 60.8 Å². The summed E-state index contributed by atoms with van der Waals surface area (Å²) in [5.74, 6) is -0.795. The van der Waals surface area contributed by atoms with Crippen molar-refractivity contribution < 1.29 is 15.0 Å². The molecule has 1 heterocycles. The molecule has 0 aliphatic carbocycles. The summed E-state index contributed by atoms with van der Waals surface area (Å²) >= 11 is 0. The van der Waals surface area contributed by atoms with E-state index in [1.165, 1.54) is 0 Å². The molecule has 1 aromatic rings. The van der Waals surface area contributed by atoms with Crippen molar-refractivity contribution in [2.45, 2.75) is 18.9 Å². The maximum Gasteiger partial charge on any atom is 0.308 e. The van der Waals surface area contributed by atoms with Crippen LogP contribution in [0.5, 0.6) is 5.75 Å². The lowest BCUT2D eigenvalue weighted by Crippen LogP contribution is -2.34. The van der Waals surface area contributed by atoms with E-state index in [0.29, 0.717) is 12.8 Å². The summed E-state index contributed by atoms with van der Waals surface area (Å²) in [5, 5.41) is 18.6. The van der Waals surface area contributed by atoms with Crippen molar-refractivity contribution in [3.8, 4) is 5.75 Å². The second-order valence-electron chi connectivity index (χ2n) is 4.66. The molecule has 1 aliphatic heterocycles. The number of rotatable bonds is 3. The van der Waals surface area contributed by atoms with Crippen LogP contribution in [0.15, 0.2) is 24.3 Å². The first-order valence-electron chi connectivity index (χ1n) is 5.79. The van der Waals surface area contributed by atoms with Crippen LogP contribution in [0.25, 0.3) is 0 Å². The van der Waals surface area contributed by atoms with Crippen molar-refractivity contribution >= 4 is 5.97 Å². The van der Waals surface area contributed by atoms with Gasteiger partial charge in [-0.2, -0.15) is 0 Å². The number of nitrogens with zero attached hydrogens (tertiary/aromatic N) is 1. The highest BCUT2D eigenvalue weighted by Gasteiger charge is 2.36. The smallest absolute Gasteiger partial charge is 0.308 e. The Morgan fingerprint density at radius 2 is 2.29 bits per heavy atom. The van der Waals surface area contributed by atoms with Crippen molar-refractivity contribution in [3.05, 3.63) is 29.8 Å². The fourth-order valence-corrected chi connectivity index (χ4v) is 2.52. The number of carboxylic acids is 1. The monoisotopic (exact) mass is 235 g/mol. The first-order valence-corrected chi connectivity index (χ1v) is 5.79. The van der Waals surface area contributed by atoms with Crippen LogP contribution >= 0.6 is 0 Å². The van der Waals surface area contributed by atoms with Gasteiger partial charge in [-0.05, 0) is 44.1 Å². The second-order valence-corrected chi connectivity index (χ2v) is 4.66. The van der Waals surface area contributed by atoms with Gasteiger partial charge in [-0.25, -0.2) is 0 Å². The Kier molecular flexibility index (Phi) is 3.33. The molecule has 1 aromatic carbocycles. The van der Waals surface area contributed by atoms with Crippen LogP contribution in [-0.4, -0.2) is 40.7 Å². The molecular weight excluding hydrogens is 218 g/mol. The minimum Gasteiger partial charge on any atom is -0.508 e. The third-order valence-corrected chi connectivity index (χ3v) is 3.50. The molecule has 4 nitrogen and oxygen atoms in total. The Morgan fingerprint density at radius 3 is 2.94 bits per heavy atom. The van der Waals surface area contributed by atoms with E-state index in [4.69, 9.17) is 5.11 Å². The number of carbonyl (C=O) groups is 1. The number of phenolic OH excluding ortho intramolecular Hbond substituents is 1. The number of aromatic hydroxyl groups is 1. The molecule has 1 saturated heterocycles. The summed E-state index contributed by atoms with van der Waals surface area (Å²) in [5.41, 5.74) is 0.981. The average Bonchev–Trinajstić information content (AvgIpc) is 2.61. The number of aliphatic carboxylic acids is 1. The van der Waals surface area contributed by atoms with Crippen molar-refractivity contribution in [2.75, 3.05) is 13.6 Å². The molecule has 0 aromatic heterocycles.